The molecule has 21 heavy (non-hydrogen) atoms. The van der Waals surface area contributed by atoms with Crippen molar-refractivity contribution in [3.63, 3.8) is 0 Å². The van der Waals surface area contributed by atoms with Crippen LogP contribution >= 0.6 is 22.9 Å². The van der Waals surface area contributed by atoms with Gasteiger partial charge in [0.25, 0.3) is 0 Å². The summed E-state index contributed by atoms with van der Waals surface area (Å²) in [6, 6.07) is 10.4. The van der Waals surface area contributed by atoms with Crippen molar-refractivity contribution < 1.29 is 0 Å². The van der Waals surface area contributed by atoms with Gasteiger partial charge in [0.1, 0.15) is 9.98 Å². The van der Waals surface area contributed by atoms with Crippen molar-refractivity contribution in [2.45, 2.75) is 0 Å². The molecule has 1 aliphatic carbocycles. The second kappa shape index (κ2) is 4.38. The molecule has 2 N–H and O–H groups in total. The molecule has 2 aromatic rings. The first-order chi connectivity index (χ1) is 10.1. The minimum Gasteiger partial charge on any atom is -0.398 e. The van der Waals surface area contributed by atoms with Crippen molar-refractivity contribution in [1.29, 1.82) is 0 Å². The lowest BCUT2D eigenvalue weighted by molar-refractivity contribution is 1.38. The summed E-state index contributed by atoms with van der Waals surface area (Å²) in [5.41, 5.74) is 8.00. The van der Waals surface area contributed by atoms with Gasteiger partial charge in [-0.1, -0.05) is 23.7 Å². The number of fused-ring (bicyclic) bond motifs is 4. The Labute approximate surface area is 128 Å². The maximum Gasteiger partial charge on any atom is 0.188 e. The van der Waals surface area contributed by atoms with Crippen LogP contribution in [0, 0.1) is 0 Å². The standard InChI is InChI=1S/C15H8ClN3OS/c16-12-5-4-9-15(19-12)21-11-6-10(20)7-2-1-3-8(17)13(7)14(11)18-9/h1-6H,17H2. The van der Waals surface area contributed by atoms with Crippen molar-refractivity contribution in [3.8, 4) is 10.6 Å². The maximum atomic E-state index is 12.2. The number of aromatic nitrogens is 2. The molecule has 4 nitrogen and oxygen atoms in total. The van der Waals surface area contributed by atoms with Gasteiger partial charge in [0.05, 0.1) is 16.1 Å². The number of rotatable bonds is 0. The number of hydrogen-bond acceptors (Lipinski definition) is 5. The first-order valence-corrected chi connectivity index (χ1v) is 7.41. The van der Waals surface area contributed by atoms with Crippen molar-refractivity contribution in [3.05, 3.63) is 51.8 Å². The molecule has 0 bridgehead atoms. The van der Waals surface area contributed by atoms with Crippen molar-refractivity contribution in [1.82, 2.24) is 9.97 Å². The molecule has 0 amide bonds. The average molecular weight is 314 g/mol. The minimum absolute atomic E-state index is 0.0655. The van der Waals surface area contributed by atoms with E-state index in [4.69, 9.17) is 17.3 Å². The van der Waals surface area contributed by atoms with Gasteiger partial charge in [-0.25, -0.2) is 9.97 Å². The smallest absolute Gasteiger partial charge is 0.188 e. The molecule has 0 saturated carbocycles. The van der Waals surface area contributed by atoms with E-state index in [1.54, 1.807) is 30.3 Å². The molecule has 6 heteroatoms. The van der Waals surface area contributed by atoms with E-state index in [-0.39, 0.29) is 5.43 Å². The van der Waals surface area contributed by atoms with Crippen LogP contribution < -0.4 is 11.2 Å². The molecular weight excluding hydrogens is 306 g/mol. The summed E-state index contributed by atoms with van der Waals surface area (Å²) < 4.78 is 0. The topological polar surface area (TPSA) is 68.9 Å². The highest BCUT2D eigenvalue weighted by Crippen LogP contribution is 2.36. The van der Waals surface area contributed by atoms with Crippen molar-refractivity contribution in [2.24, 2.45) is 0 Å². The van der Waals surface area contributed by atoms with Gasteiger partial charge in [-0.2, -0.15) is 0 Å². The Morgan fingerprint density at radius 1 is 1.14 bits per heavy atom. The summed E-state index contributed by atoms with van der Waals surface area (Å²) in [4.78, 5) is 22.5. The Hall–Kier alpha value is -2.24. The van der Waals surface area contributed by atoms with Crippen LogP contribution in [0.1, 0.15) is 0 Å². The maximum absolute atomic E-state index is 12.2. The average Bonchev–Trinajstić information content (AvgIpc) is 2.46. The molecule has 0 radical (unpaired) electrons. The highest BCUT2D eigenvalue weighted by atomic mass is 35.5. The monoisotopic (exact) mass is 313 g/mol. The van der Waals surface area contributed by atoms with Gasteiger partial charge in [-0.15, -0.1) is 11.3 Å². The Kier molecular flexibility index (Phi) is 2.60. The van der Waals surface area contributed by atoms with Crippen LogP contribution in [0.4, 0.5) is 5.69 Å². The number of anilines is 1. The molecule has 0 spiro atoms. The lowest BCUT2D eigenvalue weighted by Gasteiger charge is -2.10. The molecule has 1 aliphatic heterocycles. The molecule has 2 aliphatic rings. The van der Waals surface area contributed by atoms with Gasteiger partial charge in [-0.3, -0.25) is 4.79 Å². The summed E-state index contributed by atoms with van der Waals surface area (Å²) in [6.45, 7) is 0. The Bertz CT molecular complexity index is 1040. The molecule has 0 unspecified atom stereocenters. The summed E-state index contributed by atoms with van der Waals surface area (Å²) in [5.74, 6) is 0. The van der Waals surface area contributed by atoms with Crippen LogP contribution in [-0.2, 0) is 0 Å². The summed E-state index contributed by atoms with van der Waals surface area (Å²) in [7, 11) is 0. The van der Waals surface area contributed by atoms with Gasteiger partial charge < -0.3 is 5.73 Å². The zero-order valence-corrected chi connectivity index (χ0v) is 12.2. The number of nitrogens with zero attached hydrogens (tertiary/aromatic N) is 2. The van der Waals surface area contributed by atoms with E-state index in [1.165, 1.54) is 11.3 Å². The van der Waals surface area contributed by atoms with E-state index in [0.717, 1.165) is 16.1 Å². The van der Waals surface area contributed by atoms with Crippen LogP contribution in [0.25, 0.3) is 31.7 Å². The molecular formula is C15H8ClN3OS. The van der Waals surface area contributed by atoms with E-state index in [9.17, 15) is 4.79 Å². The summed E-state index contributed by atoms with van der Waals surface area (Å²) >= 11 is 7.30. The fourth-order valence-electron chi connectivity index (χ4n) is 2.41. The summed E-state index contributed by atoms with van der Waals surface area (Å²) in [5, 5.41) is 1.69. The molecule has 0 fully saturated rings. The van der Waals surface area contributed by atoms with Crippen LogP contribution in [0.15, 0.2) is 41.2 Å². The third kappa shape index (κ3) is 1.86. The zero-order chi connectivity index (χ0) is 14.6. The molecule has 1 aromatic carbocycles. The van der Waals surface area contributed by atoms with Gasteiger partial charge in [0.15, 0.2) is 5.43 Å². The van der Waals surface area contributed by atoms with Gasteiger partial charge in [-0.05, 0) is 18.2 Å². The summed E-state index contributed by atoms with van der Waals surface area (Å²) in [6.07, 6.45) is 0. The number of halogens is 1. The molecule has 0 atom stereocenters. The fourth-order valence-corrected chi connectivity index (χ4v) is 3.59. The SMILES string of the molecule is Nc1cccc2c(=O)cc3sc4nc(Cl)ccc4nc-3c12. The van der Waals surface area contributed by atoms with E-state index in [1.807, 2.05) is 6.07 Å². The third-order valence-corrected chi connectivity index (χ3v) is 4.58. The molecule has 0 saturated heterocycles. The van der Waals surface area contributed by atoms with E-state index in [0.29, 0.717) is 26.4 Å². The Morgan fingerprint density at radius 3 is 2.86 bits per heavy atom. The molecule has 1 aromatic heterocycles. The van der Waals surface area contributed by atoms with Gasteiger partial charge in [0.2, 0.25) is 0 Å². The van der Waals surface area contributed by atoms with E-state index in [2.05, 4.69) is 9.97 Å². The zero-order valence-electron chi connectivity index (χ0n) is 10.6. The van der Waals surface area contributed by atoms with Gasteiger partial charge >= 0.3 is 0 Å². The minimum atomic E-state index is -0.0655. The predicted octanol–water partition coefficient (Wildman–Crippen LogP) is 3.55. The normalized spacial score (nSPS) is 11.5. The molecule has 102 valence electrons. The number of pyridine rings is 1. The van der Waals surface area contributed by atoms with Crippen LogP contribution in [0.3, 0.4) is 0 Å². The third-order valence-electron chi connectivity index (χ3n) is 3.34. The number of nitrogens with two attached hydrogens (primary N) is 1. The van der Waals surface area contributed by atoms with Crippen LogP contribution in [0.5, 0.6) is 0 Å². The number of benzene rings is 2. The highest BCUT2D eigenvalue weighted by Gasteiger charge is 2.16. The largest absolute Gasteiger partial charge is 0.398 e. The predicted molar refractivity (Wildman–Crippen MR) is 87.2 cm³/mol. The van der Waals surface area contributed by atoms with Crippen molar-refractivity contribution in [2.75, 3.05) is 5.73 Å². The molecule has 4 rings (SSSR count). The number of hydrogen-bond donors (Lipinski definition) is 1. The van der Waals surface area contributed by atoms with Crippen LogP contribution in [-0.4, -0.2) is 9.97 Å². The van der Waals surface area contributed by atoms with E-state index >= 15 is 0 Å². The first kappa shape index (κ1) is 12.5. The second-order valence-electron chi connectivity index (χ2n) is 4.66. The molecule has 2 heterocycles. The quantitative estimate of drug-likeness (QED) is 0.233. The van der Waals surface area contributed by atoms with Crippen molar-refractivity contribution >= 4 is 49.7 Å². The first-order valence-electron chi connectivity index (χ1n) is 6.22. The number of nitrogen functional groups attached to an aromatic ring is 1. The fraction of sp³-hybridized carbons (Fsp3) is 0. The second-order valence-corrected chi connectivity index (χ2v) is 6.08. The Balaban J connectivity index is 2.28. The lowest BCUT2D eigenvalue weighted by Crippen LogP contribution is -2.05. The highest BCUT2D eigenvalue weighted by molar-refractivity contribution is 7.21. The van der Waals surface area contributed by atoms with Crippen LogP contribution in [0.2, 0.25) is 5.15 Å². The lowest BCUT2D eigenvalue weighted by atomic mass is 10.0. The van der Waals surface area contributed by atoms with E-state index < -0.39 is 0 Å². The van der Waals surface area contributed by atoms with Gasteiger partial charge in [0, 0.05) is 22.5 Å². The Morgan fingerprint density at radius 2 is 2.00 bits per heavy atom.